The number of alkyl halides is 3. The fourth-order valence-electron chi connectivity index (χ4n) is 2.34. The maximum atomic E-state index is 12.5. The molecular weight excluding hydrogens is 357 g/mol. The molecule has 0 heterocycles. The molecule has 0 aliphatic carbocycles. The molecule has 0 unspecified atom stereocenters. The van der Waals surface area contributed by atoms with Crippen LogP contribution in [0.15, 0.2) is 54.6 Å². The van der Waals surface area contributed by atoms with E-state index in [-0.39, 0.29) is 11.8 Å². The molecule has 0 bridgehead atoms. The Kier molecular flexibility index (Phi) is 6.39. The van der Waals surface area contributed by atoms with E-state index in [4.69, 9.17) is 0 Å². The molecule has 2 aromatic carbocycles. The van der Waals surface area contributed by atoms with Crippen LogP contribution in [0.4, 0.5) is 13.2 Å². The lowest BCUT2D eigenvalue weighted by molar-refractivity contribution is -0.137. The van der Waals surface area contributed by atoms with Crippen LogP contribution < -0.4 is 5.32 Å². The highest BCUT2D eigenvalue weighted by Crippen LogP contribution is 2.29. The molecule has 0 aliphatic heterocycles. The molecule has 2 rings (SSSR count). The van der Waals surface area contributed by atoms with Crippen LogP contribution in [-0.2, 0) is 17.5 Å². The van der Waals surface area contributed by atoms with Crippen molar-refractivity contribution in [3.05, 3.63) is 76.9 Å². The van der Waals surface area contributed by atoms with E-state index in [1.165, 1.54) is 29.2 Å². The molecule has 0 aliphatic rings. The fourth-order valence-corrected chi connectivity index (χ4v) is 2.34. The van der Waals surface area contributed by atoms with Crippen molar-refractivity contribution >= 4 is 17.9 Å². The molecule has 0 spiro atoms. The predicted octanol–water partition coefficient (Wildman–Crippen LogP) is 3.74. The molecule has 0 saturated carbocycles. The van der Waals surface area contributed by atoms with Crippen molar-refractivity contribution in [2.24, 2.45) is 0 Å². The number of nitrogens with one attached hydrogen (secondary N) is 1. The van der Waals surface area contributed by atoms with Gasteiger partial charge in [-0.2, -0.15) is 13.2 Å². The van der Waals surface area contributed by atoms with E-state index >= 15 is 0 Å². The van der Waals surface area contributed by atoms with Crippen molar-refractivity contribution in [1.29, 1.82) is 0 Å². The summed E-state index contributed by atoms with van der Waals surface area (Å²) < 4.78 is 37.6. The monoisotopic (exact) mass is 376 g/mol. The first kappa shape index (κ1) is 20.2. The highest BCUT2D eigenvalue weighted by Gasteiger charge is 2.29. The third kappa shape index (κ3) is 5.70. The molecule has 27 heavy (non-hydrogen) atoms. The Labute approximate surface area is 155 Å². The largest absolute Gasteiger partial charge is 0.416 e. The summed E-state index contributed by atoms with van der Waals surface area (Å²) in [5.41, 5.74) is 1.14. The lowest BCUT2D eigenvalue weighted by Crippen LogP contribution is -2.24. The lowest BCUT2D eigenvalue weighted by atomic mass is 10.1. The van der Waals surface area contributed by atoms with Gasteiger partial charge in [-0.1, -0.05) is 24.3 Å². The van der Waals surface area contributed by atoms with E-state index in [1.807, 2.05) is 0 Å². The zero-order valence-corrected chi connectivity index (χ0v) is 14.9. The fraction of sp³-hybridized carbons (Fsp3) is 0.200. The maximum Gasteiger partial charge on any atom is 0.416 e. The Hall–Kier alpha value is -3.09. The average molecular weight is 376 g/mol. The number of hydrogen-bond donors (Lipinski definition) is 1. The number of halogens is 3. The molecule has 142 valence electrons. The number of carbonyl (C=O) groups is 2. The van der Waals surface area contributed by atoms with Crippen LogP contribution in [-0.4, -0.2) is 30.8 Å². The zero-order chi connectivity index (χ0) is 20.0. The molecule has 2 amide bonds. The number of likely N-dealkylation sites (N-methyl/N-ethyl adjacent to an activating group) is 1. The Morgan fingerprint density at radius 3 is 2.15 bits per heavy atom. The number of rotatable bonds is 5. The number of hydrogen-bond acceptors (Lipinski definition) is 2. The molecule has 0 atom stereocenters. The first-order valence-electron chi connectivity index (χ1n) is 8.12. The van der Waals surface area contributed by atoms with E-state index in [9.17, 15) is 22.8 Å². The van der Waals surface area contributed by atoms with Gasteiger partial charge in [-0.05, 0) is 41.5 Å². The van der Waals surface area contributed by atoms with Gasteiger partial charge in [0.1, 0.15) is 0 Å². The van der Waals surface area contributed by atoms with Crippen LogP contribution in [0.2, 0.25) is 0 Å². The highest BCUT2D eigenvalue weighted by molar-refractivity contribution is 5.94. The summed E-state index contributed by atoms with van der Waals surface area (Å²) in [6.07, 6.45) is -1.61. The second kappa shape index (κ2) is 8.53. The van der Waals surface area contributed by atoms with Gasteiger partial charge in [-0.25, -0.2) is 0 Å². The van der Waals surface area contributed by atoms with Gasteiger partial charge in [0.2, 0.25) is 5.91 Å². The van der Waals surface area contributed by atoms with Crippen LogP contribution in [0.1, 0.15) is 27.0 Å². The Bertz CT molecular complexity index is 826. The van der Waals surface area contributed by atoms with Crippen LogP contribution >= 0.6 is 0 Å². The van der Waals surface area contributed by atoms with Gasteiger partial charge in [0.25, 0.3) is 5.91 Å². The van der Waals surface area contributed by atoms with Crippen LogP contribution in [0, 0.1) is 0 Å². The van der Waals surface area contributed by atoms with Crippen molar-refractivity contribution < 1.29 is 22.8 Å². The van der Waals surface area contributed by atoms with Crippen LogP contribution in [0.25, 0.3) is 6.08 Å². The third-order valence-corrected chi connectivity index (χ3v) is 3.90. The van der Waals surface area contributed by atoms with Gasteiger partial charge >= 0.3 is 6.18 Å². The maximum absolute atomic E-state index is 12.5. The molecule has 0 radical (unpaired) electrons. The quantitative estimate of drug-likeness (QED) is 0.809. The zero-order valence-electron chi connectivity index (χ0n) is 14.9. The minimum absolute atomic E-state index is 0.189. The van der Waals surface area contributed by atoms with E-state index in [2.05, 4.69) is 5.32 Å². The molecule has 4 nitrogen and oxygen atoms in total. The number of benzene rings is 2. The minimum Gasteiger partial charge on any atom is -0.355 e. The summed E-state index contributed by atoms with van der Waals surface area (Å²) in [6.45, 7) is 0.338. The summed E-state index contributed by atoms with van der Waals surface area (Å²) in [4.78, 5) is 25.1. The number of amides is 2. The molecular formula is C20H19F3N2O2. The summed E-state index contributed by atoms with van der Waals surface area (Å²) in [7, 11) is 3.16. The van der Waals surface area contributed by atoms with Gasteiger partial charge in [0.05, 0.1) is 5.56 Å². The normalized spacial score (nSPS) is 11.4. The van der Waals surface area contributed by atoms with Crippen molar-refractivity contribution in [2.45, 2.75) is 12.7 Å². The SMILES string of the molecule is CNC(=O)c1ccc(CN(C)C(=O)/C=C/c2ccc(C(F)(F)F)cc2)cc1. The first-order valence-corrected chi connectivity index (χ1v) is 8.12. The summed E-state index contributed by atoms with van der Waals surface area (Å²) >= 11 is 0. The van der Waals surface area contributed by atoms with Crippen molar-refractivity contribution in [3.63, 3.8) is 0 Å². The van der Waals surface area contributed by atoms with E-state index in [0.29, 0.717) is 17.7 Å². The summed E-state index contributed by atoms with van der Waals surface area (Å²) in [6, 6.07) is 11.4. The van der Waals surface area contributed by atoms with Crippen molar-refractivity contribution in [2.75, 3.05) is 14.1 Å². The summed E-state index contributed by atoms with van der Waals surface area (Å²) in [5, 5.41) is 2.53. The molecule has 7 heteroatoms. The lowest BCUT2D eigenvalue weighted by Gasteiger charge is -2.15. The Morgan fingerprint density at radius 2 is 1.63 bits per heavy atom. The van der Waals surface area contributed by atoms with E-state index in [1.54, 1.807) is 38.4 Å². The van der Waals surface area contributed by atoms with Gasteiger partial charge in [-0.15, -0.1) is 0 Å². The molecule has 0 saturated heterocycles. The second-order valence-electron chi connectivity index (χ2n) is 5.92. The van der Waals surface area contributed by atoms with E-state index in [0.717, 1.165) is 17.7 Å². The van der Waals surface area contributed by atoms with Crippen molar-refractivity contribution in [3.8, 4) is 0 Å². The van der Waals surface area contributed by atoms with Gasteiger partial charge in [-0.3, -0.25) is 9.59 Å². The Balaban J connectivity index is 1.96. The van der Waals surface area contributed by atoms with Crippen molar-refractivity contribution in [1.82, 2.24) is 10.2 Å². The highest BCUT2D eigenvalue weighted by atomic mass is 19.4. The number of carbonyl (C=O) groups excluding carboxylic acids is 2. The topological polar surface area (TPSA) is 49.4 Å². The van der Waals surface area contributed by atoms with Crippen LogP contribution in [0.3, 0.4) is 0 Å². The number of nitrogens with zero attached hydrogens (tertiary/aromatic N) is 1. The summed E-state index contributed by atoms with van der Waals surface area (Å²) in [5.74, 6) is -0.476. The Morgan fingerprint density at radius 1 is 1.04 bits per heavy atom. The minimum atomic E-state index is -4.38. The standard InChI is InChI=1S/C20H19F3N2O2/c1-24-19(27)16-8-3-15(4-9-16)13-25(2)18(26)12-7-14-5-10-17(11-6-14)20(21,22)23/h3-12H,13H2,1-2H3,(H,24,27)/b12-7+. The van der Waals surface area contributed by atoms with E-state index < -0.39 is 11.7 Å². The van der Waals surface area contributed by atoms with Gasteiger partial charge in [0.15, 0.2) is 0 Å². The van der Waals surface area contributed by atoms with Gasteiger partial charge in [0, 0.05) is 32.3 Å². The molecule has 2 aromatic rings. The first-order chi connectivity index (χ1) is 12.7. The average Bonchev–Trinajstić information content (AvgIpc) is 2.65. The second-order valence-corrected chi connectivity index (χ2v) is 5.92. The smallest absolute Gasteiger partial charge is 0.355 e. The van der Waals surface area contributed by atoms with Crippen LogP contribution in [0.5, 0.6) is 0 Å². The predicted molar refractivity (Wildman–Crippen MR) is 96.8 cm³/mol. The third-order valence-electron chi connectivity index (χ3n) is 3.90. The molecule has 1 N–H and O–H groups in total. The van der Waals surface area contributed by atoms with Gasteiger partial charge < -0.3 is 10.2 Å². The molecule has 0 fully saturated rings. The molecule has 0 aromatic heterocycles.